The minimum atomic E-state index is 0.902. The first-order chi connectivity index (χ1) is 31.7. The topological polar surface area (TPSA) is 26.2 Å². The Kier molecular flexibility index (Phi) is 8.18. The highest BCUT2D eigenvalue weighted by molar-refractivity contribution is 6.12. The van der Waals surface area contributed by atoms with Gasteiger partial charge in [0.2, 0.25) is 0 Å². The van der Waals surface area contributed by atoms with Gasteiger partial charge in [0.1, 0.15) is 11.2 Å². The molecule has 0 N–H and O–H groups in total. The molecular formula is C60H39N3O. The number of furan rings is 1. The van der Waals surface area contributed by atoms with Gasteiger partial charge in [-0.3, -0.25) is 0 Å². The molecule has 0 unspecified atom stereocenters. The fourth-order valence-corrected chi connectivity index (χ4v) is 9.97. The van der Waals surface area contributed by atoms with Crippen molar-refractivity contribution in [1.29, 1.82) is 0 Å². The van der Waals surface area contributed by atoms with Crippen molar-refractivity contribution in [2.45, 2.75) is 0 Å². The van der Waals surface area contributed by atoms with Gasteiger partial charge in [0.25, 0.3) is 0 Å². The monoisotopic (exact) mass is 817 g/mol. The summed E-state index contributed by atoms with van der Waals surface area (Å²) in [6, 6.07) is 85.1. The number of benzene rings is 10. The van der Waals surface area contributed by atoms with Crippen LogP contribution in [-0.2, 0) is 0 Å². The van der Waals surface area contributed by atoms with Gasteiger partial charge in [-0.2, -0.15) is 0 Å². The number of hydrogen-bond acceptors (Lipinski definition) is 2. The Balaban J connectivity index is 0.917. The van der Waals surface area contributed by atoms with Gasteiger partial charge in [-0.1, -0.05) is 146 Å². The largest absolute Gasteiger partial charge is 0.455 e. The third-order valence-electron chi connectivity index (χ3n) is 12.9. The van der Waals surface area contributed by atoms with E-state index in [1.54, 1.807) is 0 Å². The van der Waals surface area contributed by atoms with Crippen LogP contribution in [0.2, 0.25) is 0 Å². The predicted octanol–water partition coefficient (Wildman–Crippen LogP) is 16.6. The molecule has 3 heterocycles. The first-order valence-electron chi connectivity index (χ1n) is 21.8. The quantitative estimate of drug-likeness (QED) is 0.160. The second kappa shape index (κ2) is 14.5. The Morgan fingerprint density at radius 3 is 1.38 bits per heavy atom. The van der Waals surface area contributed by atoms with E-state index >= 15 is 0 Å². The zero-order valence-electron chi connectivity index (χ0n) is 34.8. The summed E-state index contributed by atoms with van der Waals surface area (Å²) in [5.74, 6) is 0. The Morgan fingerprint density at radius 2 is 0.750 bits per heavy atom. The molecule has 0 aliphatic rings. The van der Waals surface area contributed by atoms with E-state index in [0.29, 0.717) is 0 Å². The summed E-state index contributed by atoms with van der Waals surface area (Å²) in [6.07, 6.45) is 0. The van der Waals surface area contributed by atoms with Crippen LogP contribution in [0.5, 0.6) is 0 Å². The van der Waals surface area contributed by atoms with Gasteiger partial charge >= 0.3 is 0 Å². The molecule has 4 nitrogen and oxygen atoms in total. The molecule has 64 heavy (non-hydrogen) atoms. The van der Waals surface area contributed by atoms with Crippen molar-refractivity contribution in [3.8, 4) is 33.6 Å². The van der Waals surface area contributed by atoms with Crippen molar-refractivity contribution < 1.29 is 4.42 Å². The summed E-state index contributed by atoms with van der Waals surface area (Å²) in [6.45, 7) is 0. The van der Waals surface area contributed by atoms with Crippen LogP contribution in [0.4, 0.5) is 17.1 Å². The van der Waals surface area contributed by atoms with E-state index in [0.717, 1.165) is 67.1 Å². The average Bonchev–Trinajstić information content (AvgIpc) is 4.03. The van der Waals surface area contributed by atoms with Gasteiger partial charge in [-0.15, -0.1) is 0 Å². The lowest BCUT2D eigenvalue weighted by Crippen LogP contribution is -2.10. The van der Waals surface area contributed by atoms with Gasteiger partial charge in [-0.25, -0.2) is 0 Å². The molecule has 0 aliphatic carbocycles. The Bertz CT molecular complexity index is 3820. The van der Waals surface area contributed by atoms with E-state index in [-0.39, 0.29) is 0 Å². The standard InChI is InChI=1S/C60H39N3O/c1-2-13-43(14-3-1)63-57-23-10-6-17-51(57)52-38-29-42(39-58(52)63)40-25-30-44(31-26-40)61(45-32-27-41(28-33-45)48-19-12-20-54-53-18-7-11-24-59(53)64-60(48)54)46-34-36-47(37-35-46)62-55-21-8-4-15-49(55)50-16-5-9-22-56(50)62/h1-39H. The van der Waals surface area contributed by atoms with E-state index in [1.165, 1.54) is 49.2 Å². The summed E-state index contributed by atoms with van der Waals surface area (Å²) in [4.78, 5) is 2.35. The summed E-state index contributed by atoms with van der Waals surface area (Å²) >= 11 is 0. The molecule has 4 heteroatoms. The molecule has 0 aliphatic heterocycles. The van der Waals surface area contributed by atoms with Crippen molar-refractivity contribution in [1.82, 2.24) is 9.13 Å². The smallest absolute Gasteiger partial charge is 0.143 e. The zero-order valence-corrected chi connectivity index (χ0v) is 34.8. The lowest BCUT2D eigenvalue weighted by atomic mass is 10.0. The molecule has 0 saturated carbocycles. The lowest BCUT2D eigenvalue weighted by Gasteiger charge is -2.26. The van der Waals surface area contributed by atoms with Crippen LogP contribution < -0.4 is 4.90 Å². The number of fused-ring (bicyclic) bond motifs is 9. The highest BCUT2D eigenvalue weighted by atomic mass is 16.3. The average molecular weight is 818 g/mol. The molecule has 0 bridgehead atoms. The molecule has 300 valence electrons. The summed E-state index contributed by atoms with van der Waals surface area (Å²) in [5.41, 5.74) is 16.6. The van der Waals surface area contributed by atoms with Crippen molar-refractivity contribution in [3.63, 3.8) is 0 Å². The van der Waals surface area contributed by atoms with Crippen molar-refractivity contribution >= 4 is 82.6 Å². The van der Waals surface area contributed by atoms with Crippen LogP contribution in [0, 0.1) is 0 Å². The number of rotatable bonds is 7. The Morgan fingerprint density at radius 1 is 0.297 bits per heavy atom. The van der Waals surface area contributed by atoms with Gasteiger partial charge < -0.3 is 18.5 Å². The van der Waals surface area contributed by atoms with Crippen LogP contribution in [0.3, 0.4) is 0 Å². The normalized spacial score (nSPS) is 11.8. The first-order valence-corrected chi connectivity index (χ1v) is 21.8. The molecular weight excluding hydrogens is 779 g/mol. The van der Waals surface area contributed by atoms with E-state index in [1.807, 2.05) is 12.1 Å². The molecule has 0 atom stereocenters. The van der Waals surface area contributed by atoms with Crippen molar-refractivity contribution in [2.24, 2.45) is 0 Å². The fraction of sp³-hybridized carbons (Fsp3) is 0. The van der Waals surface area contributed by atoms with Gasteiger partial charge in [0.05, 0.1) is 22.1 Å². The maximum absolute atomic E-state index is 6.45. The van der Waals surface area contributed by atoms with Crippen molar-refractivity contribution in [3.05, 3.63) is 237 Å². The molecule has 0 amide bonds. The highest BCUT2D eigenvalue weighted by Crippen LogP contribution is 2.41. The summed E-state index contributed by atoms with van der Waals surface area (Å²) < 4.78 is 11.2. The van der Waals surface area contributed by atoms with Crippen LogP contribution >= 0.6 is 0 Å². The van der Waals surface area contributed by atoms with E-state index in [2.05, 4.69) is 238 Å². The third kappa shape index (κ3) is 5.70. The highest BCUT2D eigenvalue weighted by Gasteiger charge is 2.18. The van der Waals surface area contributed by atoms with Gasteiger partial charge in [-0.05, 0) is 108 Å². The summed E-state index contributed by atoms with van der Waals surface area (Å²) in [7, 11) is 0. The number of aromatic nitrogens is 2. The number of hydrogen-bond donors (Lipinski definition) is 0. The van der Waals surface area contributed by atoms with Gasteiger partial charge in [0.15, 0.2) is 0 Å². The Labute approximate surface area is 369 Å². The zero-order chi connectivity index (χ0) is 42.1. The number of para-hydroxylation sites is 6. The molecule has 0 saturated heterocycles. The van der Waals surface area contributed by atoms with Crippen LogP contribution in [0.1, 0.15) is 0 Å². The van der Waals surface area contributed by atoms with E-state index < -0.39 is 0 Å². The van der Waals surface area contributed by atoms with Crippen LogP contribution in [0.25, 0.3) is 99.2 Å². The first kappa shape index (κ1) is 36.1. The molecule has 13 aromatic rings. The van der Waals surface area contributed by atoms with Crippen LogP contribution in [0.15, 0.2) is 241 Å². The molecule has 13 rings (SSSR count). The number of nitrogens with zero attached hydrogens (tertiary/aromatic N) is 3. The maximum Gasteiger partial charge on any atom is 0.143 e. The maximum atomic E-state index is 6.45. The molecule has 0 radical (unpaired) electrons. The Hall–Kier alpha value is -8.60. The minimum absolute atomic E-state index is 0.902. The van der Waals surface area contributed by atoms with E-state index in [4.69, 9.17) is 4.42 Å². The molecule has 0 spiro atoms. The molecule has 0 fully saturated rings. The minimum Gasteiger partial charge on any atom is -0.455 e. The molecule has 3 aromatic heterocycles. The molecule has 10 aromatic carbocycles. The van der Waals surface area contributed by atoms with Gasteiger partial charge in [0, 0.05) is 66.3 Å². The fourth-order valence-electron chi connectivity index (χ4n) is 9.97. The third-order valence-corrected chi connectivity index (χ3v) is 12.9. The predicted molar refractivity (Wildman–Crippen MR) is 268 cm³/mol. The SMILES string of the molecule is c1ccc(-n2c3ccccc3c3ccc(-c4ccc(N(c5ccc(-c6cccc7c6oc6ccccc67)cc5)c5ccc(-n6c7ccccc7c7ccccc76)cc5)cc4)cc32)cc1. The van der Waals surface area contributed by atoms with Crippen LogP contribution in [-0.4, -0.2) is 9.13 Å². The second-order valence-electron chi connectivity index (χ2n) is 16.5. The second-order valence-corrected chi connectivity index (χ2v) is 16.5. The number of anilines is 3. The lowest BCUT2D eigenvalue weighted by molar-refractivity contribution is 0.670. The van der Waals surface area contributed by atoms with E-state index in [9.17, 15) is 0 Å². The summed E-state index contributed by atoms with van der Waals surface area (Å²) in [5, 5.41) is 7.26. The van der Waals surface area contributed by atoms with Crippen molar-refractivity contribution in [2.75, 3.05) is 4.90 Å².